The first-order valence-corrected chi connectivity index (χ1v) is 5.11. The van der Waals surface area contributed by atoms with Crippen molar-refractivity contribution in [2.75, 3.05) is 7.11 Å². The lowest BCUT2D eigenvalue weighted by Crippen LogP contribution is -2.06. The lowest BCUT2D eigenvalue weighted by Gasteiger charge is -1.99. The Kier molecular flexibility index (Phi) is 2.93. The number of aryl methyl sites for hydroxylation is 1. The predicted molar refractivity (Wildman–Crippen MR) is 63.2 cm³/mol. The summed E-state index contributed by atoms with van der Waals surface area (Å²) in [6, 6.07) is 3.21. The highest BCUT2D eigenvalue weighted by Gasteiger charge is 2.16. The molecule has 0 spiro atoms. The third kappa shape index (κ3) is 2.00. The zero-order valence-corrected chi connectivity index (χ0v) is 9.84. The normalized spacial score (nSPS) is 11.2. The van der Waals surface area contributed by atoms with Gasteiger partial charge in [0, 0.05) is 25.3 Å². The highest BCUT2D eigenvalue weighted by molar-refractivity contribution is 5.94. The number of ether oxygens (including phenoxy) is 1. The SMILES string of the molecule is COC(=O)c1cc2oc(C=CC(=O)O)cc2n1C. The molecular formula is C12H11NO5. The van der Waals surface area contributed by atoms with Gasteiger partial charge in [-0.2, -0.15) is 0 Å². The summed E-state index contributed by atoms with van der Waals surface area (Å²) in [5.41, 5.74) is 1.57. The summed E-state index contributed by atoms with van der Waals surface area (Å²) in [7, 11) is 3.01. The molecule has 94 valence electrons. The third-order valence-corrected chi connectivity index (χ3v) is 2.53. The molecule has 0 aliphatic heterocycles. The van der Waals surface area contributed by atoms with E-state index in [1.807, 2.05) is 0 Å². The van der Waals surface area contributed by atoms with Crippen LogP contribution in [0.5, 0.6) is 0 Å². The van der Waals surface area contributed by atoms with Gasteiger partial charge in [0.15, 0.2) is 5.58 Å². The van der Waals surface area contributed by atoms with Crippen LogP contribution in [-0.4, -0.2) is 28.7 Å². The van der Waals surface area contributed by atoms with Gasteiger partial charge >= 0.3 is 11.9 Å². The number of carbonyl (C=O) groups is 2. The molecule has 18 heavy (non-hydrogen) atoms. The van der Waals surface area contributed by atoms with Crippen LogP contribution in [0.4, 0.5) is 0 Å². The Balaban J connectivity index is 2.43. The monoisotopic (exact) mass is 249 g/mol. The fourth-order valence-electron chi connectivity index (χ4n) is 1.67. The lowest BCUT2D eigenvalue weighted by molar-refractivity contribution is -0.131. The first-order valence-electron chi connectivity index (χ1n) is 5.11. The van der Waals surface area contributed by atoms with Crippen molar-refractivity contribution in [2.24, 2.45) is 7.05 Å². The molecule has 6 heteroatoms. The van der Waals surface area contributed by atoms with Crippen LogP contribution < -0.4 is 0 Å². The summed E-state index contributed by atoms with van der Waals surface area (Å²) in [6.45, 7) is 0. The topological polar surface area (TPSA) is 81.7 Å². The zero-order valence-electron chi connectivity index (χ0n) is 9.84. The van der Waals surface area contributed by atoms with Gasteiger partial charge in [0.05, 0.1) is 12.6 Å². The Morgan fingerprint density at radius 1 is 1.44 bits per heavy atom. The van der Waals surface area contributed by atoms with E-state index in [0.29, 0.717) is 22.6 Å². The van der Waals surface area contributed by atoms with Gasteiger partial charge in [-0.25, -0.2) is 9.59 Å². The van der Waals surface area contributed by atoms with Crippen LogP contribution in [-0.2, 0) is 16.6 Å². The van der Waals surface area contributed by atoms with E-state index >= 15 is 0 Å². The van der Waals surface area contributed by atoms with Crippen LogP contribution in [0.2, 0.25) is 0 Å². The third-order valence-electron chi connectivity index (χ3n) is 2.53. The average Bonchev–Trinajstić information content (AvgIpc) is 2.86. The summed E-state index contributed by atoms with van der Waals surface area (Å²) < 4.78 is 11.7. The standard InChI is InChI=1S/C12H11NO5/c1-13-8-5-7(3-4-11(14)15)18-10(8)6-9(13)12(16)17-2/h3-6H,1-2H3,(H,14,15). The fraction of sp³-hybridized carbons (Fsp3) is 0.167. The number of aromatic nitrogens is 1. The van der Waals surface area contributed by atoms with Crippen molar-refractivity contribution in [3.05, 3.63) is 29.7 Å². The van der Waals surface area contributed by atoms with E-state index in [1.165, 1.54) is 13.2 Å². The largest absolute Gasteiger partial charge is 0.478 e. The molecule has 2 aromatic rings. The van der Waals surface area contributed by atoms with Crippen LogP contribution in [0.3, 0.4) is 0 Å². The quantitative estimate of drug-likeness (QED) is 0.660. The van der Waals surface area contributed by atoms with Crippen LogP contribution in [0.1, 0.15) is 16.2 Å². The van der Waals surface area contributed by atoms with Crippen LogP contribution in [0, 0.1) is 0 Å². The number of fused-ring (bicyclic) bond motifs is 1. The number of carboxylic acid groups (broad SMARTS) is 1. The molecule has 2 rings (SSSR count). The van der Waals surface area contributed by atoms with E-state index in [0.717, 1.165) is 6.08 Å². The molecule has 0 saturated heterocycles. The minimum atomic E-state index is -1.05. The van der Waals surface area contributed by atoms with E-state index in [4.69, 9.17) is 9.52 Å². The van der Waals surface area contributed by atoms with Gasteiger partial charge in [0.25, 0.3) is 0 Å². The van der Waals surface area contributed by atoms with Gasteiger partial charge in [0.2, 0.25) is 0 Å². The molecular weight excluding hydrogens is 238 g/mol. The van der Waals surface area contributed by atoms with Crippen LogP contribution >= 0.6 is 0 Å². The molecule has 0 saturated carbocycles. The average molecular weight is 249 g/mol. The minimum Gasteiger partial charge on any atom is -0.478 e. The van der Waals surface area contributed by atoms with Crippen molar-refractivity contribution in [2.45, 2.75) is 0 Å². The van der Waals surface area contributed by atoms with Crippen LogP contribution in [0.25, 0.3) is 17.2 Å². The number of hydrogen-bond acceptors (Lipinski definition) is 4. The number of carbonyl (C=O) groups excluding carboxylic acids is 1. The summed E-state index contributed by atoms with van der Waals surface area (Å²) in [5.74, 6) is -1.09. The lowest BCUT2D eigenvalue weighted by atomic mass is 10.4. The minimum absolute atomic E-state index is 0.375. The van der Waals surface area contributed by atoms with E-state index < -0.39 is 11.9 Å². The second-order valence-corrected chi connectivity index (χ2v) is 3.65. The van der Waals surface area contributed by atoms with Gasteiger partial charge in [-0.05, 0) is 6.08 Å². The molecule has 0 aliphatic carbocycles. The molecule has 0 unspecified atom stereocenters. The summed E-state index contributed by atoms with van der Waals surface area (Å²) in [5, 5.41) is 8.51. The Bertz CT molecular complexity index is 647. The zero-order chi connectivity index (χ0) is 13.3. The second kappa shape index (κ2) is 4.40. The predicted octanol–water partition coefficient (Wildman–Crippen LogP) is 1.66. The number of rotatable bonds is 3. The molecule has 1 N–H and O–H groups in total. The van der Waals surface area contributed by atoms with E-state index in [1.54, 1.807) is 23.7 Å². The maximum absolute atomic E-state index is 11.4. The Morgan fingerprint density at radius 2 is 2.17 bits per heavy atom. The smallest absolute Gasteiger partial charge is 0.354 e. The number of esters is 1. The van der Waals surface area contributed by atoms with Gasteiger partial charge in [0.1, 0.15) is 11.5 Å². The van der Waals surface area contributed by atoms with E-state index in [-0.39, 0.29) is 0 Å². The number of nitrogens with zero attached hydrogens (tertiary/aromatic N) is 1. The van der Waals surface area contributed by atoms with Crippen molar-refractivity contribution in [3.8, 4) is 0 Å². The molecule has 0 fully saturated rings. The maximum atomic E-state index is 11.4. The highest BCUT2D eigenvalue weighted by Crippen LogP contribution is 2.24. The van der Waals surface area contributed by atoms with E-state index in [9.17, 15) is 9.59 Å². The molecule has 0 aliphatic rings. The first kappa shape index (κ1) is 12.0. The summed E-state index contributed by atoms with van der Waals surface area (Å²) in [4.78, 5) is 21.8. The number of aliphatic carboxylic acids is 1. The number of hydrogen-bond donors (Lipinski definition) is 1. The number of carboxylic acids is 1. The van der Waals surface area contributed by atoms with Crippen molar-refractivity contribution in [1.29, 1.82) is 0 Å². The first-order chi connectivity index (χ1) is 8.52. The van der Waals surface area contributed by atoms with Crippen LogP contribution in [0.15, 0.2) is 22.6 Å². The van der Waals surface area contributed by atoms with E-state index in [2.05, 4.69) is 4.74 Å². The summed E-state index contributed by atoms with van der Waals surface area (Å²) in [6.07, 6.45) is 2.33. The molecule has 2 aromatic heterocycles. The molecule has 6 nitrogen and oxygen atoms in total. The van der Waals surface area contributed by atoms with Crippen molar-refractivity contribution in [1.82, 2.24) is 4.57 Å². The molecule has 0 aromatic carbocycles. The number of furan rings is 1. The Labute approximate surface area is 102 Å². The Hall–Kier alpha value is -2.50. The second-order valence-electron chi connectivity index (χ2n) is 3.65. The van der Waals surface area contributed by atoms with Gasteiger partial charge in [-0.15, -0.1) is 0 Å². The molecule has 0 atom stereocenters. The van der Waals surface area contributed by atoms with Crippen molar-refractivity contribution in [3.63, 3.8) is 0 Å². The Morgan fingerprint density at radius 3 is 2.72 bits per heavy atom. The molecule has 2 heterocycles. The molecule has 0 amide bonds. The van der Waals surface area contributed by atoms with Crippen molar-refractivity contribution >= 4 is 29.1 Å². The number of methoxy groups -OCH3 is 1. The van der Waals surface area contributed by atoms with Gasteiger partial charge < -0.3 is 18.8 Å². The highest BCUT2D eigenvalue weighted by atomic mass is 16.5. The fourth-order valence-corrected chi connectivity index (χ4v) is 1.67. The van der Waals surface area contributed by atoms with Crippen molar-refractivity contribution < 1.29 is 23.8 Å². The van der Waals surface area contributed by atoms with Gasteiger partial charge in [-0.1, -0.05) is 0 Å². The molecule has 0 bridgehead atoms. The molecule has 0 radical (unpaired) electrons. The summed E-state index contributed by atoms with van der Waals surface area (Å²) >= 11 is 0. The van der Waals surface area contributed by atoms with Gasteiger partial charge in [-0.3, -0.25) is 0 Å². The maximum Gasteiger partial charge on any atom is 0.354 e.